The first-order valence-electron chi connectivity index (χ1n) is 51.3. The summed E-state index contributed by atoms with van der Waals surface area (Å²) >= 11 is 1.92. The van der Waals surface area contributed by atoms with Crippen molar-refractivity contribution in [3.8, 4) is 44.5 Å². The van der Waals surface area contributed by atoms with Gasteiger partial charge in [0.15, 0.2) is 0 Å². The van der Waals surface area contributed by atoms with Crippen LogP contribution in [-0.2, 0) is 16.2 Å². The van der Waals surface area contributed by atoms with Crippen LogP contribution in [0.4, 0.5) is 51.2 Å². The fourth-order valence-corrected chi connectivity index (χ4v) is 33.9. The van der Waals surface area contributed by atoms with E-state index in [9.17, 15) is 0 Å². The van der Waals surface area contributed by atoms with Gasteiger partial charge in [-0.1, -0.05) is 303 Å². The summed E-state index contributed by atoms with van der Waals surface area (Å²) in [5.74, 6) is 9.71. The molecule has 0 atom stereocenters. The Balaban J connectivity index is 0.0000000973. The van der Waals surface area contributed by atoms with E-state index in [4.69, 9.17) is 4.42 Å². The Bertz CT molecular complexity index is 7920. The number of hydrogen-bond acceptors (Lipinski definition) is 5. The molecule has 12 saturated carbocycles. The smallest absolute Gasteiger partial charge is 0.137 e. The maximum Gasteiger partial charge on any atom is 0.137 e. The third-order valence-electron chi connectivity index (χ3n) is 36.8. The van der Waals surface area contributed by atoms with Crippen LogP contribution in [0.1, 0.15) is 130 Å². The Hall–Kier alpha value is -13.8. The fraction of sp³-hybridized carbons (Fsp3) is 0.227. The predicted octanol–water partition coefficient (Wildman–Crippen LogP) is 36.0. The molecule has 15 aliphatic carbocycles. The largest absolute Gasteiger partial charge is 0.456 e. The van der Waals surface area contributed by atoms with E-state index in [-0.39, 0.29) is 16.2 Å². The number of furan rings is 1. The summed E-state index contributed by atoms with van der Waals surface area (Å²) in [7, 11) is 0. The quantitative estimate of drug-likeness (QED) is 0.136. The van der Waals surface area contributed by atoms with E-state index in [0.717, 1.165) is 52.4 Å². The maximum absolute atomic E-state index is 6.51. The van der Waals surface area contributed by atoms with Crippen LogP contribution in [0.25, 0.3) is 119 Å². The highest BCUT2D eigenvalue weighted by molar-refractivity contribution is 7.25. The molecule has 0 saturated heterocycles. The third kappa shape index (κ3) is 11.6. The van der Waals surface area contributed by atoms with Gasteiger partial charge >= 0.3 is 0 Å². The monoisotopic (exact) mass is 1780 g/mol. The summed E-state index contributed by atoms with van der Waals surface area (Å²) < 4.78 is 9.21. The number of fused-ring (bicyclic) bond motifs is 18. The van der Waals surface area contributed by atoms with Gasteiger partial charge in [0.1, 0.15) is 11.2 Å². The number of hydrogen-bond donors (Lipinski definition) is 0. The number of para-hydroxylation sites is 1. The molecule has 20 aromatic rings. The van der Waals surface area contributed by atoms with Crippen molar-refractivity contribution in [3.63, 3.8) is 0 Å². The number of rotatable bonds is 10. The van der Waals surface area contributed by atoms with Crippen molar-refractivity contribution in [1.29, 1.82) is 0 Å². The molecule has 18 aromatic carbocycles. The van der Waals surface area contributed by atoms with Crippen LogP contribution in [0.2, 0.25) is 0 Å². The minimum atomic E-state index is 0.0578. The van der Waals surface area contributed by atoms with Crippen molar-refractivity contribution in [2.45, 2.75) is 113 Å². The van der Waals surface area contributed by atoms with E-state index < -0.39 is 0 Å². The first kappa shape index (κ1) is 79.4. The molecule has 12 bridgehead atoms. The second kappa shape index (κ2) is 30.6. The Morgan fingerprint density at radius 1 is 0.204 bits per heavy atom. The summed E-state index contributed by atoms with van der Waals surface area (Å²) in [4.78, 5) is 7.84. The molecule has 35 rings (SSSR count). The molecule has 0 N–H and O–H groups in total. The van der Waals surface area contributed by atoms with Crippen molar-refractivity contribution in [3.05, 3.63) is 428 Å². The Morgan fingerprint density at radius 2 is 0.511 bits per heavy atom. The van der Waals surface area contributed by atoms with Crippen LogP contribution in [0.5, 0.6) is 0 Å². The number of anilines is 9. The van der Waals surface area contributed by atoms with Gasteiger partial charge in [0.2, 0.25) is 0 Å². The third-order valence-corrected chi connectivity index (χ3v) is 38.0. The molecule has 0 aliphatic heterocycles. The van der Waals surface area contributed by atoms with Gasteiger partial charge < -0.3 is 19.1 Å². The van der Waals surface area contributed by atoms with Gasteiger partial charge in [-0.15, -0.1) is 11.3 Å². The lowest BCUT2D eigenvalue weighted by atomic mass is 9.43. The van der Waals surface area contributed by atoms with E-state index >= 15 is 0 Å². The predicted molar refractivity (Wildman–Crippen MR) is 571 cm³/mol. The van der Waals surface area contributed by atoms with Crippen LogP contribution >= 0.6 is 11.3 Å². The first-order valence-corrected chi connectivity index (χ1v) is 52.2. The van der Waals surface area contributed by atoms with E-state index in [2.05, 4.69) is 409 Å². The molecule has 0 unspecified atom stereocenters. The summed E-state index contributed by atoms with van der Waals surface area (Å²) in [6.45, 7) is 0. The summed E-state index contributed by atoms with van der Waals surface area (Å²) in [5.41, 5.74) is 34.4. The molecule has 2 heterocycles. The van der Waals surface area contributed by atoms with Crippen molar-refractivity contribution in [2.75, 3.05) is 14.7 Å². The van der Waals surface area contributed by atoms with Crippen LogP contribution in [0, 0.1) is 71.0 Å². The summed E-state index contributed by atoms with van der Waals surface area (Å²) in [6.07, 6.45) is 20.9. The Kier molecular flexibility index (Phi) is 17.7. The Morgan fingerprint density at radius 3 is 0.956 bits per heavy atom. The fourth-order valence-electron chi connectivity index (χ4n) is 32.7. The summed E-state index contributed by atoms with van der Waals surface area (Å²) in [6, 6.07) is 149. The zero-order valence-corrected chi connectivity index (χ0v) is 78.0. The lowest BCUT2D eigenvalue weighted by molar-refractivity contribution is -0.0397. The average Bonchev–Trinajstić information content (AvgIpc) is 1.53. The zero-order chi connectivity index (χ0) is 89.5. The van der Waals surface area contributed by atoms with Crippen molar-refractivity contribution in [1.82, 2.24) is 0 Å². The molecule has 3 spiro atoms. The topological polar surface area (TPSA) is 22.9 Å². The molecule has 137 heavy (non-hydrogen) atoms. The normalized spacial score (nSPS) is 25.5. The molecule has 0 amide bonds. The summed E-state index contributed by atoms with van der Waals surface area (Å²) in [5, 5.41) is 12.7. The number of thiophene rings is 1. The molecule has 2 aromatic heterocycles. The van der Waals surface area contributed by atoms with Crippen molar-refractivity contribution >= 4 is 137 Å². The second-order valence-electron chi connectivity index (χ2n) is 43.2. The maximum atomic E-state index is 6.51. The Labute approximate surface area is 805 Å². The van der Waals surface area contributed by atoms with Crippen molar-refractivity contribution in [2.24, 2.45) is 71.0 Å². The van der Waals surface area contributed by atoms with Crippen LogP contribution in [0.3, 0.4) is 0 Å². The van der Waals surface area contributed by atoms with E-state index in [0.29, 0.717) is 35.5 Å². The minimum Gasteiger partial charge on any atom is -0.456 e. The van der Waals surface area contributed by atoms with E-state index in [1.165, 1.54) is 250 Å². The molecule has 5 heteroatoms. The molecule has 662 valence electrons. The molecule has 0 radical (unpaired) electrons. The molecule has 12 fully saturated rings. The van der Waals surface area contributed by atoms with Gasteiger partial charge in [0.05, 0.1) is 34.1 Å². The highest BCUT2D eigenvalue weighted by atomic mass is 32.1. The molecule has 15 aliphatic rings. The molecular formula is C132H107N3OS. The second-order valence-corrected chi connectivity index (χ2v) is 44.3. The minimum absolute atomic E-state index is 0.0578. The highest BCUT2D eigenvalue weighted by Crippen LogP contribution is 2.76. The zero-order valence-electron chi connectivity index (χ0n) is 77.2. The number of benzene rings is 18. The SMILES string of the molecule is c1ccc(-c2cccc(N(c3cccc4c3C3(c5ccccc5-4)C4CC5CC(C4)CC3C5)c3cccc4ccccc34)c2)cc1.c1ccc2c(c1)-c1cccc(N(c3ccc4c(c3)oc3ccccc34)c3cccc4ccccc34)c1C21C2CC3CC(C2)CC1C3.c1ccc2c(c1)-c1cccc(N(c3ccc4c(c3)sc3ccccc34)c3cccc4ccccc34)c1C21C2CC3CC(C2)CC1C3. The van der Waals surface area contributed by atoms with Crippen LogP contribution < -0.4 is 14.7 Å². The van der Waals surface area contributed by atoms with Gasteiger partial charge in [-0.05, 0) is 346 Å². The van der Waals surface area contributed by atoms with Gasteiger partial charge in [-0.25, -0.2) is 0 Å². The van der Waals surface area contributed by atoms with E-state index in [1.54, 1.807) is 33.4 Å². The number of nitrogens with zero attached hydrogens (tertiary/aromatic N) is 3. The lowest BCUT2D eigenvalue weighted by Crippen LogP contribution is -2.55. The average molecular weight is 1780 g/mol. The van der Waals surface area contributed by atoms with Crippen LogP contribution in [0.15, 0.2) is 399 Å². The lowest BCUT2D eigenvalue weighted by Gasteiger charge is -2.61. The molecule has 4 nitrogen and oxygen atoms in total. The molecular weight excluding hydrogens is 1680 g/mol. The van der Waals surface area contributed by atoms with Gasteiger partial charge in [-0.2, -0.15) is 0 Å². The van der Waals surface area contributed by atoms with Crippen LogP contribution in [-0.4, -0.2) is 0 Å². The highest BCUT2D eigenvalue weighted by Gasteiger charge is 2.66. The van der Waals surface area contributed by atoms with Gasteiger partial charge in [0, 0.05) is 86.5 Å². The van der Waals surface area contributed by atoms with E-state index in [1.807, 2.05) is 11.3 Å². The van der Waals surface area contributed by atoms with Gasteiger partial charge in [-0.3, -0.25) is 0 Å². The van der Waals surface area contributed by atoms with Crippen molar-refractivity contribution < 1.29 is 4.42 Å². The van der Waals surface area contributed by atoms with Gasteiger partial charge in [0.25, 0.3) is 0 Å². The first-order chi connectivity index (χ1) is 67.8. The standard InChI is InChI=1S/C44H35NO.C44H35NS.C44H37N/c2*1-2-11-33-29(9-1)10-7-16-39(33)45(32-19-20-36-35-13-4-6-18-41(35)46-42(36)26-32)40-17-8-14-37-34-12-3-5-15-38(34)44(43(37)40)30-22-27-21-28(24-30)25-31(44)23-27;1-2-11-31(12-3-1)33-15-8-16-36(28-33)45(41-21-9-14-32-13-4-5-17-37(32)41)42-22-10-19-39-38-18-6-7-20-40(38)44(43(39)42)34-24-29-23-30(26-34)27-35(44)25-29/h2*1-20,26-28,30-31H,21-25H2;1-22,28-30,34-35H,23-27H2.